The minimum atomic E-state index is -5.12. The zero-order chi connectivity index (χ0) is 34.1. The molecule has 1 aromatic heterocycles. The van der Waals surface area contributed by atoms with Gasteiger partial charge in [0.2, 0.25) is 5.95 Å². The number of carbonyl (C=O) groups is 2. The van der Waals surface area contributed by atoms with Gasteiger partial charge in [-0.1, -0.05) is 12.1 Å². The Kier molecular flexibility index (Phi) is 10.2. The third kappa shape index (κ3) is 7.06. The maximum Gasteiger partial charge on any atom is 0.471 e. The van der Waals surface area contributed by atoms with E-state index in [9.17, 15) is 22.8 Å². The second-order valence-electron chi connectivity index (χ2n) is 11.9. The molecule has 0 saturated carbocycles. The molecule has 0 saturated heterocycles. The summed E-state index contributed by atoms with van der Waals surface area (Å²) in [5.41, 5.74) is 0.746. The highest BCUT2D eigenvalue weighted by Crippen LogP contribution is 2.40. The van der Waals surface area contributed by atoms with Gasteiger partial charge in [0.15, 0.2) is 5.82 Å². The van der Waals surface area contributed by atoms with Crippen molar-refractivity contribution in [1.29, 1.82) is 0 Å². The molecule has 1 aliphatic heterocycles. The van der Waals surface area contributed by atoms with Crippen molar-refractivity contribution in [2.75, 3.05) is 28.2 Å². The molecule has 0 radical (unpaired) electrons. The fourth-order valence-electron chi connectivity index (χ4n) is 5.58. The number of rotatable bonds is 10. The molecule has 2 N–H and O–H groups in total. The lowest BCUT2D eigenvalue weighted by Crippen LogP contribution is -2.45. The Balaban J connectivity index is 1.92. The van der Waals surface area contributed by atoms with Crippen molar-refractivity contribution in [3.05, 3.63) is 59.2 Å². The first kappa shape index (κ1) is 34.5. The number of aromatic nitrogens is 2. The summed E-state index contributed by atoms with van der Waals surface area (Å²) in [5, 5.41) is 5.75. The zero-order valence-electron chi connectivity index (χ0n) is 26.8. The topological polar surface area (TPSA) is 93.7 Å². The third-order valence-corrected chi connectivity index (χ3v) is 7.69. The Morgan fingerprint density at radius 3 is 2.20 bits per heavy atom. The van der Waals surface area contributed by atoms with E-state index in [1.165, 1.54) is 32.0 Å². The van der Waals surface area contributed by atoms with Crippen molar-refractivity contribution in [2.45, 2.75) is 79.3 Å². The Bertz CT molecular complexity index is 1580. The predicted octanol–water partition coefficient (Wildman–Crippen LogP) is 6.93. The van der Waals surface area contributed by atoms with Gasteiger partial charge in [-0.2, -0.15) is 18.2 Å². The predicted molar refractivity (Wildman–Crippen MR) is 167 cm³/mol. The van der Waals surface area contributed by atoms with Gasteiger partial charge in [-0.25, -0.2) is 23.5 Å². The lowest BCUT2D eigenvalue weighted by molar-refractivity contribution is -0.170. The maximum absolute atomic E-state index is 15.1. The fourth-order valence-corrected chi connectivity index (χ4v) is 5.58. The first-order chi connectivity index (χ1) is 21.5. The summed E-state index contributed by atoms with van der Waals surface area (Å²) in [6.45, 7) is 13.7. The molecule has 9 nitrogen and oxygen atoms in total. The van der Waals surface area contributed by atoms with E-state index in [0.29, 0.717) is 29.1 Å². The highest BCUT2D eigenvalue weighted by Gasteiger charge is 2.44. The summed E-state index contributed by atoms with van der Waals surface area (Å²) in [4.78, 5) is 38.5. The minimum Gasteiger partial charge on any atom is -0.353 e. The van der Waals surface area contributed by atoms with Crippen LogP contribution in [0.15, 0.2) is 36.4 Å². The standard InChI is InChI=1S/C32H38F5N7O2/c1-17(2)42(18(3)4)14-13-38-30-40-26(22-15-21(12-11-20(22)7)43(19(5)6)29(45)32(35,36)37)23-16-39-31(46)44(28(23)41-30)27-24(33)9-8-10-25(27)34/h8-12,15,17-19H,13-14,16H2,1-7H3,(H,39,46)(H,38,40,41). The van der Waals surface area contributed by atoms with Gasteiger partial charge in [-0.3, -0.25) is 9.69 Å². The number of aryl methyl sites for hydroxylation is 1. The van der Waals surface area contributed by atoms with Crippen molar-refractivity contribution in [3.63, 3.8) is 0 Å². The van der Waals surface area contributed by atoms with Crippen molar-refractivity contribution in [1.82, 2.24) is 20.2 Å². The van der Waals surface area contributed by atoms with E-state index in [4.69, 9.17) is 4.98 Å². The lowest BCUT2D eigenvalue weighted by atomic mass is 9.98. The quantitative estimate of drug-likeness (QED) is 0.232. The number of benzene rings is 2. The number of alkyl halides is 3. The number of halogens is 5. The molecule has 4 rings (SSSR count). The summed E-state index contributed by atoms with van der Waals surface area (Å²) in [7, 11) is 0. The first-order valence-electron chi connectivity index (χ1n) is 15.0. The lowest BCUT2D eigenvalue weighted by Gasteiger charge is -2.32. The molecule has 46 heavy (non-hydrogen) atoms. The zero-order valence-corrected chi connectivity index (χ0v) is 26.8. The number of para-hydroxylation sites is 1. The molecule has 0 bridgehead atoms. The largest absolute Gasteiger partial charge is 0.471 e. The van der Waals surface area contributed by atoms with Crippen LogP contribution < -0.4 is 20.4 Å². The smallest absolute Gasteiger partial charge is 0.353 e. The van der Waals surface area contributed by atoms with Crippen LogP contribution in [0.1, 0.15) is 52.7 Å². The average molecular weight is 648 g/mol. The Labute approximate surface area is 264 Å². The number of hydrogen-bond acceptors (Lipinski definition) is 6. The second kappa shape index (κ2) is 13.6. The third-order valence-electron chi connectivity index (χ3n) is 7.69. The van der Waals surface area contributed by atoms with Gasteiger partial charge >= 0.3 is 18.1 Å². The number of fused-ring (bicyclic) bond motifs is 1. The molecule has 0 atom stereocenters. The van der Waals surface area contributed by atoms with E-state index in [1.54, 1.807) is 13.0 Å². The van der Waals surface area contributed by atoms with E-state index in [2.05, 4.69) is 48.2 Å². The molecule has 0 spiro atoms. The van der Waals surface area contributed by atoms with Crippen molar-refractivity contribution < 1.29 is 31.5 Å². The van der Waals surface area contributed by atoms with Crippen LogP contribution in [0.2, 0.25) is 0 Å². The van der Waals surface area contributed by atoms with Gasteiger partial charge in [0.1, 0.15) is 17.3 Å². The van der Waals surface area contributed by atoms with Gasteiger partial charge in [0.25, 0.3) is 0 Å². The number of amides is 3. The summed E-state index contributed by atoms with van der Waals surface area (Å²) in [6, 6.07) is 6.37. The number of nitrogens with zero attached hydrogens (tertiary/aromatic N) is 5. The molecular weight excluding hydrogens is 609 g/mol. The Hall–Kier alpha value is -4.33. The first-order valence-corrected chi connectivity index (χ1v) is 15.0. The number of carbonyl (C=O) groups excluding carboxylic acids is 2. The normalized spacial score (nSPS) is 13.5. The molecule has 3 amide bonds. The molecule has 1 aliphatic rings. The average Bonchev–Trinajstić information content (AvgIpc) is 2.95. The van der Waals surface area contributed by atoms with Crippen molar-refractivity contribution >= 4 is 35.1 Å². The van der Waals surface area contributed by atoms with E-state index in [0.717, 1.165) is 17.0 Å². The van der Waals surface area contributed by atoms with Gasteiger partial charge in [-0.05, 0) is 78.3 Å². The van der Waals surface area contributed by atoms with Gasteiger partial charge in [0.05, 0.1) is 12.2 Å². The summed E-state index contributed by atoms with van der Waals surface area (Å²) < 4.78 is 70.9. The second-order valence-corrected chi connectivity index (χ2v) is 11.9. The van der Waals surface area contributed by atoms with Crippen LogP contribution in [0.25, 0.3) is 11.3 Å². The maximum atomic E-state index is 15.1. The summed E-state index contributed by atoms with van der Waals surface area (Å²) in [6.07, 6.45) is -5.12. The molecule has 2 aromatic carbocycles. The van der Waals surface area contributed by atoms with Crippen molar-refractivity contribution in [2.24, 2.45) is 0 Å². The Morgan fingerprint density at radius 2 is 1.63 bits per heavy atom. The molecule has 0 unspecified atom stereocenters. The van der Waals surface area contributed by atoms with Crippen LogP contribution >= 0.6 is 0 Å². The molecule has 14 heteroatoms. The van der Waals surface area contributed by atoms with Crippen LogP contribution in [0.3, 0.4) is 0 Å². The SMILES string of the molecule is Cc1ccc(N(C(=O)C(F)(F)F)C(C)C)cc1-c1nc(NCCN(C(C)C)C(C)C)nc2c1CNC(=O)N2c1c(F)cccc1F. The minimum absolute atomic E-state index is 0.0267. The summed E-state index contributed by atoms with van der Waals surface area (Å²) in [5.74, 6) is -4.09. The summed E-state index contributed by atoms with van der Waals surface area (Å²) >= 11 is 0. The van der Waals surface area contributed by atoms with E-state index >= 15 is 8.78 Å². The van der Waals surface area contributed by atoms with Crippen LogP contribution in [-0.4, -0.2) is 64.2 Å². The van der Waals surface area contributed by atoms with E-state index in [-0.39, 0.29) is 47.3 Å². The number of nitrogens with one attached hydrogen (secondary N) is 2. The Morgan fingerprint density at radius 1 is 1.00 bits per heavy atom. The van der Waals surface area contributed by atoms with E-state index in [1.807, 2.05) is 0 Å². The highest BCUT2D eigenvalue weighted by molar-refractivity contribution is 6.02. The molecular formula is C32H38F5N7O2. The fraction of sp³-hybridized carbons (Fsp3) is 0.438. The van der Waals surface area contributed by atoms with Crippen molar-refractivity contribution in [3.8, 4) is 11.3 Å². The monoisotopic (exact) mass is 647 g/mol. The highest BCUT2D eigenvalue weighted by atomic mass is 19.4. The number of hydrogen-bond donors (Lipinski definition) is 2. The van der Waals surface area contributed by atoms with Crippen LogP contribution in [0.4, 0.5) is 49.9 Å². The molecule has 3 aromatic rings. The molecule has 2 heterocycles. The van der Waals surface area contributed by atoms with Crippen LogP contribution in [0, 0.1) is 18.6 Å². The van der Waals surface area contributed by atoms with Gasteiger partial charge < -0.3 is 15.5 Å². The van der Waals surface area contributed by atoms with E-state index < -0.39 is 41.5 Å². The molecule has 248 valence electrons. The van der Waals surface area contributed by atoms with Gasteiger partial charge in [-0.15, -0.1) is 0 Å². The van der Waals surface area contributed by atoms with Crippen LogP contribution in [-0.2, 0) is 11.3 Å². The molecule has 0 fully saturated rings. The van der Waals surface area contributed by atoms with Gasteiger partial charge in [0, 0.05) is 48.0 Å². The number of anilines is 4. The number of urea groups is 1. The van der Waals surface area contributed by atoms with Crippen LogP contribution in [0.5, 0.6) is 0 Å². The molecule has 0 aliphatic carbocycles.